The average molecular weight is 276 g/mol. The van der Waals surface area contributed by atoms with Crippen molar-refractivity contribution in [2.45, 2.75) is 38.3 Å². The molecule has 20 heavy (non-hydrogen) atoms. The lowest BCUT2D eigenvalue weighted by atomic mass is 10.1. The minimum atomic E-state index is -0.192. The van der Waals surface area contributed by atoms with E-state index in [9.17, 15) is 4.39 Å². The van der Waals surface area contributed by atoms with Crippen LogP contribution in [0.4, 0.5) is 4.39 Å². The molecule has 0 radical (unpaired) electrons. The molecular weight excluding hydrogens is 255 g/mol. The topological polar surface area (TPSA) is 40.2 Å². The molecule has 1 aliphatic heterocycles. The smallest absolute Gasteiger partial charge is 0.123 e. The second kappa shape index (κ2) is 5.94. The predicted octanol–water partition coefficient (Wildman–Crippen LogP) is 2.85. The van der Waals surface area contributed by atoms with Gasteiger partial charge in [0.2, 0.25) is 0 Å². The number of aromatic nitrogens is 1. The first-order valence-corrected chi connectivity index (χ1v) is 7.37. The van der Waals surface area contributed by atoms with Gasteiger partial charge in [-0.1, -0.05) is 0 Å². The molecule has 1 aromatic heterocycles. The molecule has 2 N–H and O–H groups in total. The van der Waals surface area contributed by atoms with Gasteiger partial charge in [0.05, 0.1) is 6.10 Å². The molecule has 0 spiro atoms. The Labute approximate surface area is 118 Å². The molecule has 1 aliphatic rings. The molecular formula is C16H21FN2O. The summed E-state index contributed by atoms with van der Waals surface area (Å²) in [5.41, 5.74) is 7.85. The summed E-state index contributed by atoms with van der Waals surface area (Å²) in [6, 6.07) is 4.98. The number of benzene rings is 1. The number of fused-ring (bicyclic) bond motifs is 1. The minimum Gasteiger partial charge on any atom is -0.376 e. The van der Waals surface area contributed by atoms with E-state index in [1.807, 2.05) is 6.07 Å². The third kappa shape index (κ3) is 2.72. The Hall–Kier alpha value is -1.39. The summed E-state index contributed by atoms with van der Waals surface area (Å²) in [6.07, 6.45) is 6.65. The predicted molar refractivity (Wildman–Crippen MR) is 78.2 cm³/mol. The summed E-state index contributed by atoms with van der Waals surface area (Å²) in [5, 5.41) is 0.978. The van der Waals surface area contributed by atoms with Crippen LogP contribution in [0.1, 0.15) is 24.8 Å². The van der Waals surface area contributed by atoms with Crippen LogP contribution >= 0.6 is 0 Å². The molecule has 2 heterocycles. The summed E-state index contributed by atoms with van der Waals surface area (Å²) in [4.78, 5) is 0. The molecule has 1 saturated heterocycles. The van der Waals surface area contributed by atoms with Gasteiger partial charge in [0.15, 0.2) is 0 Å². The third-order valence-corrected chi connectivity index (χ3v) is 4.01. The molecule has 3 nitrogen and oxygen atoms in total. The molecule has 108 valence electrons. The van der Waals surface area contributed by atoms with Crippen molar-refractivity contribution < 1.29 is 9.13 Å². The molecule has 0 saturated carbocycles. The van der Waals surface area contributed by atoms with Crippen molar-refractivity contribution >= 4 is 10.9 Å². The maximum atomic E-state index is 13.5. The zero-order valence-corrected chi connectivity index (χ0v) is 11.6. The van der Waals surface area contributed by atoms with E-state index in [1.165, 1.54) is 12.5 Å². The van der Waals surface area contributed by atoms with Crippen LogP contribution in [-0.2, 0) is 17.7 Å². The van der Waals surface area contributed by atoms with Crippen molar-refractivity contribution in [1.29, 1.82) is 0 Å². The van der Waals surface area contributed by atoms with Crippen molar-refractivity contribution in [1.82, 2.24) is 4.57 Å². The van der Waals surface area contributed by atoms with Crippen LogP contribution in [0.5, 0.6) is 0 Å². The second-order valence-electron chi connectivity index (χ2n) is 5.50. The first-order valence-electron chi connectivity index (χ1n) is 7.37. The van der Waals surface area contributed by atoms with Crippen LogP contribution in [0.3, 0.4) is 0 Å². The summed E-state index contributed by atoms with van der Waals surface area (Å²) >= 11 is 0. The highest BCUT2D eigenvalue weighted by Gasteiger charge is 2.17. The summed E-state index contributed by atoms with van der Waals surface area (Å²) in [5.74, 6) is -0.192. The van der Waals surface area contributed by atoms with Crippen molar-refractivity contribution in [3.8, 4) is 0 Å². The van der Waals surface area contributed by atoms with Gasteiger partial charge in [0, 0.05) is 30.3 Å². The molecule has 3 rings (SSSR count). The maximum Gasteiger partial charge on any atom is 0.123 e. The third-order valence-electron chi connectivity index (χ3n) is 4.01. The SMILES string of the molecule is NCCc1cn(CC2CCCCO2)c2ccc(F)cc12. The number of nitrogens with zero attached hydrogens (tertiary/aromatic N) is 1. The molecule has 1 atom stereocenters. The van der Waals surface area contributed by atoms with Crippen molar-refractivity contribution in [3.63, 3.8) is 0 Å². The van der Waals surface area contributed by atoms with Crippen LogP contribution in [0.25, 0.3) is 10.9 Å². The number of hydrogen-bond donors (Lipinski definition) is 1. The number of hydrogen-bond acceptors (Lipinski definition) is 2. The lowest BCUT2D eigenvalue weighted by Crippen LogP contribution is -2.24. The van der Waals surface area contributed by atoms with Crippen LogP contribution < -0.4 is 5.73 Å². The van der Waals surface area contributed by atoms with Gasteiger partial charge in [-0.2, -0.15) is 0 Å². The number of halogens is 1. The Balaban J connectivity index is 1.93. The minimum absolute atomic E-state index is 0.192. The van der Waals surface area contributed by atoms with Crippen molar-refractivity contribution in [2.24, 2.45) is 5.73 Å². The molecule has 2 aromatic rings. The standard InChI is InChI=1S/C16H21FN2O/c17-13-4-5-16-15(9-13)12(6-7-18)10-19(16)11-14-3-1-2-8-20-14/h4-5,9-10,14H,1-3,6-8,11,18H2. The fourth-order valence-electron chi connectivity index (χ4n) is 3.02. The number of rotatable bonds is 4. The molecule has 4 heteroatoms. The van der Waals surface area contributed by atoms with Crippen LogP contribution in [0.2, 0.25) is 0 Å². The van der Waals surface area contributed by atoms with Crippen LogP contribution in [0, 0.1) is 5.82 Å². The Bertz CT molecular complexity index is 587. The zero-order chi connectivity index (χ0) is 13.9. The zero-order valence-electron chi connectivity index (χ0n) is 11.6. The van der Waals surface area contributed by atoms with Gasteiger partial charge < -0.3 is 15.0 Å². The summed E-state index contributed by atoms with van der Waals surface area (Å²) in [6.45, 7) is 2.27. The highest BCUT2D eigenvalue weighted by Crippen LogP contribution is 2.25. The fraction of sp³-hybridized carbons (Fsp3) is 0.500. The van der Waals surface area contributed by atoms with Gasteiger partial charge in [0.25, 0.3) is 0 Å². The second-order valence-corrected chi connectivity index (χ2v) is 5.50. The van der Waals surface area contributed by atoms with Gasteiger partial charge in [-0.05, 0) is 56.0 Å². The Morgan fingerprint density at radius 1 is 1.35 bits per heavy atom. The molecule has 1 unspecified atom stereocenters. The monoisotopic (exact) mass is 276 g/mol. The fourth-order valence-corrected chi connectivity index (χ4v) is 3.02. The molecule has 0 amide bonds. The van der Waals surface area contributed by atoms with E-state index in [0.29, 0.717) is 6.54 Å². The normalized spacial score (nSPS) is 19.6. The Morgan fingerprint density at radius 3 is 3.00 bits per heavy atom. The van der Waals surface area contributed by atoms with Crippen LogP contribution in [-0.4, -0.2) is 23.8 Å². The quantitative estimate of drug-likeness (QED) is 0.932. The molecule has 0 bridgehead atoms. The first kappa shape index (κ1) is 13.6. The first-order chi connectivity index (χ1) is 9.78. The van der Waals surface area contributed by atoms with E-state index in [4.69, 9.17) is 10.5 Å². The van der Waals surface area contributed by atoms with E-state index in [-0.39, 0.29) is 11.9 Å². The van der Waals surface area contributed by atoms with Gasteiger partial charge in [-0.15, -0.1) is 0 Å². The summed E-state index contributed by atoms with van der Waals surface area (Å²) in [7, 11) is 0. The van der Waals surface area contributed by atoms with E-state index >= 15 is 0 Å². The number of ether oxygens (including phenoxy) is 1. The number of nitrogens with two attached hydrogens (primary N) is 1. The Kier molecular flexibility index (Phi) is 4.03. The Morgan fingerprint density at radius 2 is 2.25 bits per heavy atom. The van der Waals surface area contributed by atoms with Gasteiger partial charge in [-0.25, -0.2) is 4.39 Å². The van der Waals surface area contributed by atoms with Gasteiger partial charge in [0.1, 0.15) is 5.82 Å². The lowest BCUT2D eigenvalue weighted by molar-refractivity contribution is 0.00668. The average Bonchev–Trinajstić information content (AvgIpc) is 2.78. The summed E-state index contributed by atoms with van der Waals surface area (Å²) < 4.78 is 21.5. The van der Waals surface area contributed by atoms with Crippen molar-refractivity contribution in [2.75, 3.05) is 13.2 Å². The van der Waals surface area contributed by atoms with Crippen LogP contribution in [0.15, 0.2) is 24.4 Å². The van der Waals surface area contributed by atoms with Gasteiger partial charge in [-0.3, -0.25) is 0 Å². The largest absolute Gasteiger partial charge is 0.376 e. The van der Waals surface area contributed by atoms with E-state index in [2.05, 4.69) is 10.8 Å². The van der Waals surface area contributed by atoms with E-state index in [0.717, 1.165) is 48.9 Å². The molecule has 0 aliphatic carbocycles. The molecule has 1 fully saturated rings. The molecule has 1 aromatic carbocycles. The lowest BCUT2D eigenvalue weighted by Gasteiger charge is -2.23. The van der Waals surface area contributed by atoms with E-state index in [1.54, 1.807) is 6.07 Å². The van der Waals surface area contributed by atoms with Gasteiger partial charge >= 0.3 is 0 Å². The van der Waals surface area contributed by atoms with Crippen molar-refractivity contribution in [3.05, 3.63) is 35.8 Å². The highest BCUT2D eigenvalue weighted by molar-refractivity contribution is 5.84. The maximum absolute atomic E-state index is 13.5. The van der Waals surface area contributed by atoms with E-state index < -0.39 is 0 Å². The highest BCUT2D eigenvalue weighted by atomic mass is 19.1.